The molecule has 1 aromatic carbocycles. The van der Waals surface area contributed by atoms with Crippen LogP contribution in [0.1, 0.15) is 40.2 Å². The van der Waals surface area contributed by atoms with Gasteiger partial charge in [-0.1, -0.05) is 26.8 Å². The summed E-state index contributed by atoms with van der Waals surface area (Å²) < 4.78 is 17.0. The second kappa shape index (κ2) is 6.59. The number of hydrogen-bond acceptors (Lipinski definition) is 5. The van der Waals surface area contributed by atoms with E-state index < -0.39 is 23.1 Å². The number of carbonyl (C=O) groups is 2. The van der Waals surface area contributed by atoms with Crippen molar-refractivity contribution in [3.8, 4) is 5.75 Å². The first kappa shape index (κ1) is 18.5. The molecule has 130 valence electrons. The van der Waals surface area contributed by atoms with Gasteiger partial charge >= 0.3 is 11.9 Å². The van der Waals surface area contributed by atoms with Crippen molar-refractivity contribution in [2.45, 2.75) is 40.4 Å². The SMILES string of the molecule is CCOc1ccc(C=C2C(=O)OC(C)(C(C)(C)C)OC2=O)cc1Br. The molecule has 1 aromatic rings. The predicted octanol–water partition coefficient (Wildman–Crippen LogP) is 4.09. The summed E-state index contributed by atoms with van der Waals surface area (Å²) in [6.45, 7) is 9.54. The van der Waals surface area contributed by atoms with E-state index in [4.69, 9.17) is 14.2 Å². The van der Waals surface area contributed by atoms with Crippen molar-refractivity contribution in [1.82, 2.24) is 0 Å². The third-order valence-electron chi connectivity index (χ3n) is 3.94. The zero-order chi connectivity index (χ0) is 18.1. The molecule has 6 heteroatoms. The monoisotopic (exact) mass is 396 g/mol. The van der Waals surface area contributed by atoms with Crippen LogP contribution in [-0.2, 0) is 19.1 Å². The minimum Gasteiger partial charge on any atom is -0.493 e. The van der Waals surface area contributed by atoms with E-state index in [0.29, 0.717) is 17.9 Å². The van der Waals surface area contributed by atoms with Crippen molar-refractivity contribution in [3.05, 3.63) is 33.8 Å². The predicted molar refractivity (Wildman–Crippen MR) is 93.3 cm³/mol. The zero-order valence-electron chi connectivity index (χ0n) is 14.4. The second-order valence-corrected chi connectivity index (χ2v) is 7.51. The lowest BCUT2D eigenvalue weighted by atomic mass is 9.85. The highest BCUT2D eigenvalue weighted by Gasteiger charge is 2.50. The first-order valence-electron chi connectivity index (χ1n) is 7.68. The summed E-state index contributed by atoms with van der Waals surface area (Å²) in [5.74, 6) is -1.98. The Kier molecular flexibility index (Phi) is 5.08. The van der Waals surface area contributed by atoms with Gasteiger partial charge in [0.25, 0.3) is 5.79 Å². The van der Waals surface area contributed by atoms with E-state index in [9.17, 15) is 9.59 Å². The van der Waals surface area contributed by atoms with Gasteiger partial charge in [0.1, 0.15) is 11.3 Å². The maximum atomic E-state index is 12.3. The Balaban J connectivity index is 2.30. The molecule has 1 saturated heterocycles. The van der Waals surface area contributed by atoms with Crippen LogP contribution in [0.4, 0.5) is 0 Å². The molecule has 0 aliphatic carbocycles. The van der Waals surface area contributed by atoms with Crippen LogP contribution in [0.15, 0.2) is 28.2 Å². The summed E-state index contributed by atoms with van der Waals surface area (Å²) in [7, 11) is 0. The summed E-state index contributed by atoms with van der Waals surface area (Å²) >= 11 is 3.40. The van der Waals surface area contributed by atoms with Crippen molar-refractivity contribution < 1.29 is 23.8 Å². The van der Waals surface area contributed by atoms with Gasteiger partial charge in [0.2, 0.25) is 0 Å². The number of hydrogen-bond donors (Lipinski definition) is 0. The Morgan fingerprint density at radius 1 is 1.21 bits per heavy atom. The minimum atomic E-state index is -1.29. The van der Waals surface area contributed by atoms with Gasteiger partial charge in [0.05, 0.1) is 11.1 Å². The standard InChI is InChI=1S/C18H21BrO5/c1-6-22-14-8-7-11(10-13(14)19)9-12-15(20)23-18(5,17(2,3)4)24-16(12)21/h7-10H,6H2,1-5H3. The first-order chi connectivity index (χ1) is 11.1. The van der Waals surface area contributed by atoms with E-state index in [0.717, 1.165) is 4.47 Å². The van der Waals surface area contributed by atoms with E-state index >= 15 is 0 Å². The van der Waals surface area contributed by atoms with E-state index in [-0.39, 0.29) is 5.57 Å². The largest absolute Gasteiger partial charge is 0.493 e. The van der Waals surface area contributed by atoms with Crippen LogP contribution >= 0.6 is 15.9 Å². The Hall–Kier alpha value is -1.82. The zero-order valence-corrected chi connectivity index (χ0v) is 16.0. The van der Waals surface area contributed by atoms with E-state index in [1.807, 2.05) is 27.7 Å². The summed E-state index contributed by atoms with van der Waals surface area (Å²) in [4.78, 5) is 24.6. The number of esters is 2. The van der Waals surface area contributed by atoms with Gasteiger partial charge in [0, 0.05) is 12.3 Å². The van der Waals surface area contributed by atoms with E-state index in [1.54, 1.807) is 25.1 Å². The lowest BCUT2D eigenvalue weighted by Crippen LogP contribution is -2.52. The smallest absolute Gasteiger partial charge is 0.348 e. The number of halogens is 1. The Labute approximate surface area is 150 Å². The van der Waals surface area contributed by atoms with Crippen LogP contribution in [-0.4, -0.2) is 24.3 Å². The van der Waals surface area contributed by atoms with Crippen molar-refractivity contribution in [2.24, 2.45) is 5.41 Å². The van der Waals surface area contributed by atoms with Crippen LogP contribution in [0.5, 0.6) is 5.75 Å². The van der Waals surface area contributed by atoms with Gasteiger partial charge in [-0.15, -0.1) is 0 Å². The van der Waals surface area contributed by atoms with Gasteiger partial charge in [-0.25, -0.2) is 9.59 Å². The normalized spacial score (nSPS) is 21.2. The average molecular weight is 397 g/mol. The third kappa shape index (κ3) is 3.64. The average Bonchev–Trinajstić information content (AvgIpc) is 2.44. The molecule has 2 rings (SSSR count). The van der Waals surface area contributed by atoms with Gasteiger partial charge < -0.3 is 14.2 Å². The van der Waals surface area contributed by atoms with Gasteiger partial charge in [-0.3, -0.25) is 0 Å². The third-order valence-corrected chi connectivity index (χ3v) is 4.56. The van der Waals surface area contributed by atoms with Crippen LogP contribution < -0.4 is 4.74 Å². The summed E-state index contributed by atoms with van der Waals surface area (Å²) in [5, 5.41) is 0. The van der Waals surface area contributed by atoms with Crippen LogP contribution in [0.2, 0.25) is 0 Å². The van der Waals surface area contributed by atoms with Gasteiger partial charge in [-0.05, 0) is 46.6 Å². The highest BCUT2D eigenvalue weighted by Crippen LogP contribution is 2.39. The molecular weight excluding hydrogens is 376 g/mol. The Bertz CT molecular complexity index is 680. The fourth-order valence-corrected chi connectivity index (χ4v) is 2.55. The van der Waals surface area contributed by atoms with Crippen molar-refractivity contribution in [2.75, 3.05) is 6.61 Å². The maximum absolute atomic E-state index is 12.3. The number of ether oxygens (including phenoxy) is 3. The molecule has 0 radical (unpaired) electrons. The molecule has 0 atom stereocenters. The van der Waals surface area contributed by atoms with Crippen molar-refractivity contribution in [1.29, 1.82) is 0 Å². The quantitative estimate of drug-likeness (QED) is 0.437. The summed E-state index contributed by atoms with van der Waals surface area (Å²) in [5.41, 5.74) is -0.00665. The lowest BCUT2D eigenvalue weighted by molar-refractivity contribution is -0.261. The molecular formula is C18H21BrO5. The highest BCUT2D eigenvalue weighted by molar-refractivity contribution is 9.10. The molecule has 1 heterocycles. The molecule has 0 unspecified atom stereocenters. The van der Waals surface area contributed by atoms with Crippen LogP contribution in [0.3, 0.4) is 0 Å². The Morgan fingerprint density at radius 2 is 1.79 bits per heavy atom. The number of rotatable bonds is 3. The van der Waals surface area contributed by atoms with Gasteiger partial charge in [-0.2, -0.15) is 0 Å². The fraction of sp³-hybridized carbons (Fsp3) is 0.444. The number of cyclic esters (lactones) is 2. The topological polar surface area (TPSA) is 61.8 Å². The maximum Gasteiger partial charge on any atom is 0.348 e. The van der Waals surface area contributed by atoms with Crippen LogP contribution in [0, 0.1) is 5.41 Å². The second-order valence-electron chi connectivity index (χ2n) is 6.66. The Morgan fingerprint density at radius 3 is 2.25 bits per heavy atom. The molecule has 0 aromatic heterocycles. The lowest BCUT2D eigenvalue weighted by Gasteiger charge is -2.42. The number of benzene rings is 1. The molecule has 24 heavy (non-hydrogen) atoms. The van der Waals surface area contributed by atoms with Crippen LogP contribution in [0.25, 0.3) is 6.08 Å². The summed E-state index contributed by atoms with van der Waals surface area (Å²) in [6, 6.07) is 5.27. The fourth-order valence-electron chi connectivity index (χ4n) is 2.04. The molecule has 5 nitrogen and oxygen atoms in total. The molecule has 0 N–H and O–H groups in total. The van der Waals surface area contributed by atoms with Crippen molar-refractivity contribution in [3.63, 3.8) is 0 Å². The molecule has 1 aliphatic heterocycles. The molecule has 0 amide bonds. The molecule has 0 saturated carbocycles. The molecule has 0 bridgehead atoms. The molecule has 1 aliphatic rings. The van der Waals surface area contributed by atoms with E-state index in [1.165, 1.54) is 6.08 Å². The first-order valence-corrected chi connectivity index (χ1v) is 8.47. The van der Waals surface area contributed by atoms with Crippen molar-refractivity contribution >= 4 is 33.9 Å². The summed E-state index contributed by atoms with van der Waals surface area (Å²) in [6.07, 6.45) is 1.45. The number of carbonyl (C=O) groups excluding carboxylic acids is 2. The molecule has 1 fully saturated rings. The van der Waals surface area contributed by atoms with E-state index in [2.05, 4.69) is 15.9 Å². The molecule has 0 spiro atoms. The highest BCUT2D eigenvalue weighted by atomic mass is 79.9. The minimum absolute atomic E-state index is 0.132. The van der Waals surface area contributed by atoms with Gasteiger partial charge in [0.15, 0.2) is 0 Å².